The summed E-state index contributed by atoms with van der Waals surface area (Å²) in [5.74, 6) is 7.98. The van der Waals surface area contributed by atoms with Crippen molar-refractivity contribution in [1.29, 1.82) is 0 Å². The molecule has 0 aliphatic carbocycles. The number of rotatable bonds is 4. The Morgan fingerprint density at radius 2 is 2.20 bits per heavy atom. The first kappa shape index (κ1) is 12.4. The van der Waals surface area contributed by atoms with Crippen molar-refractivity contribution in [1.82, 2.24) is 19.4 Å². The molecule has 20 heavy (non-hydrogen) atoms. The lowest BCUT2D eigenvalue weighted by Gasteiger charge is -2.07. The molecular formula is C12H15N7O. The standard InChI is InChI=1S/C12H15N7O/c1-7-8(2)20-10(16-7)5-15-11-12-14-3-4-19(12)6-9(17-11)18-13/h3-4,6,18H,5,13H2,1-2H3,(H,15,17). The molecule has 8 heteroatoms. The molecule has 0 atom stereocenters. The van der Waals surface area contributed by atoms with Gasteiger partial charge in [-0.25, -0.2) is 20.8 Å². The van der Waals surface area contributed by atoms with Gasteiger partial charge in [-0.1, -0.05) is 0 Å². The van der Waals surface area contributed by atoms with Crippen LogP contribution in [0, 0.1) is 13.8 Å². The number of anilines is 2. The van der Waals surface area contributed by atoms with Crippen molar-refractivity contribution >= 4 is 17.3 Å². The molecule has 0 fully saturated rings. The normalized spacial score (nSPS) is 10.9. The van der Waals surface area contributed by atoms with Gasteiger partial charge in [-0.2, -0.15) is 0 Å². The molecule has 0 saturated carbocycles. The quantitative estimate of drug-likeness (QED) is 0.485. The molecular weight excluding hydrogens is 258 g/mol. The summed E-state index contributed by atoms with van der Waals surface area (Å²) in [5.41, 5.74) is 4.12. The lowest BCUT2D eigenvalue weighted by atomic mass is 10.4. The topological polar surface area (TPSA) is 106 Å². The number of nitrogens with one attached hydrogen (secondary N) is 2. The lowest BCUT2D eigenvalue weighted by Crippen LogP contribution is -2.12. The van der Waals surface area contributed by atoms with Crippen LogP contribution in [0.2, 0.25) is 0 Å². The molecule has 3 aromatic heterocycles. The second-order valence-corrected chi connectivity index (χ2v) is 4.38. The van der Waals surface area contributed by atoms with Gasteiger partial charge in [0.15, 0.2) is 17.3 Å². The molecule has 0 aromatic carbocycles. The molecule has 0 unspecified atom stereocenters. The summed E-state index contributed by atoms with van der Waals surface area (Å²) in [5, 5.41) is 3.16. The average molecular weight is 273 g/mol. The minimum absolute atomic E-state index is 0.429. The maximum absolute atomic E-state index is 5.52. The Labute approximate surface area is 115 Å². The summed E-state index contributed by atoms with van der Waals surface area (Å²) in [6.45, 7) is 4.22. The Morgan fingerprint density at radius 1 is 1.35 bits per heavy atom. The van der Waals surface area contributed by atoms with Crippen LogP contribution in [-0.2, 0) is 6.54 Å². The van der Waals surface area contributed by atoms with Crippen molar-refractivity contribution in [3.63, 3.8) is 0 Å². The van der Waals surface area contributed by atoms with Gasteiger partial charge in [0.05, 0.1) is 18.4 Å². The van der Waals surface area contributed by atoms with Crippen LogP contribution < -0.4 is 16.6 Å². The summed E-state index contributed by atoms with van der Waals surface area (Å²) >= 11 is 0. The van der Waals surface area contributed by atoms with E-state index in [2.05, 4.69) is 25.7 Å². The minimum atomic E-state index is 0.429. The molecule has 8 nitrogen and oxygen atoms in total. The highest BCUT2D eigenvalue weighted by atomic mass is 16.4. The van der Waals surface area contributed by atoms with E-state index >= 15 is 0 Å². The largest absolute Gasteiger partial charge is 0.444 e. The molecule has 3 rings (SSSR count). The molecule has 104 valence electrons. The SMILES string of the molecule is Cc1nc(CNc2nc(NN)cn3ccnc23)oc1C. The summed E-state index contributed by atoms with van der Waals surface area (Å²) in [6, 6.07) is 0. The number of nitrogen functional groups attached to an aromatic ring is 1. The second-order valence-electron chi connectivity index (χ2n) is 4.38. The number of nitrogens with two attached hydrogens (primary N) is 1. The van der Waals surface area contributed by atoms with E-state index in [0.717, 1.165) is 11.5 Å². The predicted octanol–water partition coefficient (Wildman–Crippen LogP) is 1.23. The number of aryl methyl sites for hydroxylation is 2. The fraction of sp³-hybridized carbons (Fsp3) is 0.250. The van der Waals surface area contributed by atoms with Crippen molar-refractivity contribution in [2.24, 2.45) is 5.84 Å². The number of hydrogen-bond acceptors (Lipinski definition) is 7. The van der Waals surface area contributed by atoms with Gasteiger partial charge < -0.3 is 19.6 Å². The van der Waals surface area contributed by atoms with Gasteiger partial charge in [-0.15, -0.1) is 0 Å². The van der Waals surface area contributed by atoms with Crippen LogP contribution >= 0.6 is 0 Å². The fourth-order valence-corrected chi connectivity index (χ4v) is 1.89. The average Bonchev–Trinajstić information content (AvgIpc) is 3.03. The molecule has 0 amide bonds. The van der Waals surface area contributed by atoms with Gasteiger partial charge in [0, 0.05) is 12.4 Å². The summed E-state index contributed by atoms with van der Waals surface area (Å²) < 4.78 is 7.35. The van der Waals surface area contributed by atoms with E-state index in [0.29, 0.717) is 29.7 Å². The zero-order valence-electron chi connectivity index (χ0n) is 11.2. The third-order valence-electron chi connectivity index (χ3n) is 3.00. The highest BCUT2D eigenvalue weighted by molar-refractivity contribution is 5.65. The van der Waals surface area contributed by atoms with Gasteiger partial charge in [0.25, 0.3) is 0 Å². The number of nitrogens with zero attached hydrogens (tertiary/aromatic N) is 4. The molecule has 0 aliphatic rings. The van der Waals surface area contributed by atoms with Crippen LogP contribution in [0.15, 0.2) is 23.0 Å². The zero-order chi connectivity index (χ0) is 14.1. The van der Waals surface area contributed by atoms with Gasteiger partial charge in [-0.3, -0.25) is 0 Å². The van der Waals surface area contributed by atoms with Gasteiger partial charge in [0.2, 0.25) is 5.89 Å². The highest BCUT2D eigenvalue weighted by Gasteiger charge is 2.09. The van der Waals surface area contributed by atoms with E-state index in [9.17, 15) is 0 Å². The number of aromatic nitrogens is 4. The van der Waals surface area contributed by atoms with Crippen LogP contribution in [0.25, 0.3) is 5.65 Å². The van der Waals surface area contributed by atoms with E-state index in [4.69, 9.17) is 10.3 Å². The Morgan fingerprint density at radius 3 is 2.90 bits per heavy atom. The number of hydrogen-bond donors (Lipinski definition) is 3. The van der Waals surface area contributed by atoms with Crippen molar-refractivity contribution < 1.29 is 4.42 Å². The molecule has 3 heterocycles. The maximum atomic E-state index is 5.52. The van der Waals surface area contributed by atoms with Crippen molar-refractivity contribution in [2.45, 2.75) is 20.4 Å². The lowest BCUT2D eigenvalue weighted by molar-refractivity contribution is 0.478. The number of hydrazine groups is 1. The van der Waals surface area contributed by atoms with E-state index in [1.807, 2.05) is 24.4 Å². The van der Waals surface area contributed by atoms with E-state index < -0.39 is 0 Å². The first-order valence-corrected chi connectivity index (χ1v) is 6.14. The van der Waals surface area contributed by atoms with E-state index in [1.54, 1.807) is 12.4 Å². The van der Waals surface area contributed by atoms with Gasteiger partial charge in [0.1, 0.15) is 5.76 Å². The maximum Gasteiger partial charge on any atom is 0.213 e. The summed E-state index contributed by atoms with van der Waals surface area (Å²) in [7, 11) is 0. The Bertz CT molecular complexity index is 726. The fourth-order valence-electron chi connectivity index (χ4n) is 1.89. The van der Waals surface area contributed by atoms with Gasteiger partial charge >= 0.3 is 0 Å². The summed E-state index contributed by atoms with van der Waals surface area (Å²) in [4.78, 5) is 12.9. The molecule has 4 N–H and O–H groups in total. The molecule has 0 radical (unpaired) electrons. The predicted molar refractivity (Wildman–Crippen MR) is 74.1 cm³/mol. The summed E-state index contributed by atoms with van der Waals surface area (Å²) in [6.07, 6.45) is 5.28. The number of imidazole rings is 1. The minimum Gasteiger partial charge on any atom is -0.444 e. The molecule has 0 bridgehead atoms. The molecule has 0 spiro atoms. The second kappa shape index (κ2) is 4.82. The van der Waals surface area contributed by atoms with Crippen LogP contribution in [0.3, 0.4) is 0 Å². The van der Waals surface area contributed by atoms with Crippen molar-refractivity contribution in [2.75, 3.05) is 10.7 Å². The monoisotopic (exact) mass is 273 g/mol. The van der Waals surface area contributed by atoms with Crippen molar-refractivity contribution in [3.05, 3.63) is 35.9 Å². The Kier molecular flexibility index (Phi) is 2.99. The van der Waals surface area contributed by atoms with Crippen LogP contribution in [0.4, 0.5) is 11.6 Å². The number of oxazole rings is 1. The number of fused-ring (bicyclic) bond motifs is 1. The smallest absolute Gasteiger partial charge is 0.213 e. The van der Waals surface area contributed by atoms with Crippen molar-refractivity contribution in [3.8, 4) is 0 Å². The zero-order valence-corrected chi connectivity index (χ0v) is 11.2. The van der Waals surface area contributed by atoms with E-state index in [1.165, 1.54) is 0 Å². The Balaban J connectivity index is 1.88. The third kappa shape index (κ3) is 2.16. The first-order valence-electron chi connectivity index (χ1n) is 6.14. The van der Waals surface area contributed by atoms with Crippen LogP contribution in [0.1, 0.15) is 17.3 Å². The molecule has 0 aliphatic heterocycles. The highest BCUT2D eigenvalue weighted by Crippen LogP contribution is 2.17. The third-order valence-corrected chi connectivity index (χ3v) is 3.00. The van der Waals surface area contributed by atoms with Gasteiger partial charge in [-0.05, 0) is 13.8 Å². The molecule has 3 aromatic rings. The Hall–Kier alpha value is -2.61. The van der Waals surface area contributed by atoms with E-state index in [-0.39, 0.29) is 0 Å². The van der Waals surface area contributed by atoms with Crippen LogP contribution in [0.5, 0.6) is 0 Å². The van der Waals surface area contributed by atoms with Crippen LogP contribution in [-0.4, -0.2) is 19.4 Å². The first-order chi connectivity index (χ1) is 9.67. The molecule has 0 saturated heterocycles.